The molecule has 0 aromatic carbocycles. The van der Waals surface area contributed by atoms with Crippen molar-refractivity contribution >= 4 is 17.9 Å². The van der Waals surface area contributed by atoms with Crippen LogP contribution < -0.4 is 0 Å². The number of carbonyl (C=O) groups is 3. The van der Waals surface area contributed by atoms with Gasteiger partial charge in [-0.05, 0) is 77.0 Å². The van der Waals surface area contributed by atoms with E-state index in [0.717, 1.165) is 89.9 Å². The Bertz CT molecular complexity index is 938. The molecule has 0 bridgehead atoms. The van der Waals surface area contributed by atoms with Gasteiger partial charge in [-0.3, -0.25) is 14.4 Å². The summed E-state index contributed by atoms with van der Waals surface area (Å²) in [4.78, 5) is 37.7. The van der Waals surface area contributed by atoms with E-state index in [4.69, 9.17) is 14.2 Å². The summed E-state index contributed by atoms with van der Waals surface area (Å²) in [7, 11) is 0. The molecule has 0 spiro atoms. The zero-order valence-electron chi connectivity index (χ0n) is 36.4. The second kappa shape index (κ2) is 44.3. The normalized spacial score (nSPS) is 12.3. The highest BCUT2D eigenvalue weighted by Gasteiger charge is 2.19. The number of esters is 3. The molecule has 0 aliphatic carbocycles. The first-order chi connectivity index (χ1) is 27.0. The molecule has 0 N–H and O–H groups in total. The number of hydrogen-bond acceptors (Lipinski definition) is 6. The van der Waals surface area contributed by atoms with Crippen molar-refractivity contribution in [1.82, 2.24) is 0 Å². The summed E-state index contributed by atoms with van der Waals surface area (Å²) in [6.07, 6.45) is 49.8. The maximum atomic E-state index is 12.7. The summed E-state index contributed by atoms with van der Waals surface area (Å²) in [5, 5.41) is 0. The lowest BCUT2D eigenvalue weighted by atomic mass is 10.1. The number of unbranched alkanes of at least 4 members (excludes halogenated alkanes) is 25. The molecule has 6 nitrogen and oxygen atoms in total. The lowest BCUT2D eigenvalue weighted by molar-refractivity contribution is -0.167. The largest absolute Gasteiger partial charge is 0.462 e. The van der Waals surface area contributed by atoms with Gasteiger partial charge in [-0.25, -0.2) is 0 Å². The van der Waals surface area contributed by atoms with Gasteiger partial charge in [-0.1, -0.05) is 179 Å². The molecule has 0 aromatic rings. The number of allylic oxidation sites excluding steroid dienone is 6. The minimum atomic E-state index is -0.776. The van der Waals surface area contributed by atoms with E-state index >= 15 is 0 Å². The molecule has 0 aliphatic heterocycles. The van der Waals surface area contributed by atoms with Gasteiger partial charge in [-0.15, -0.1) is 0 Å². The molecule has 1 atom stereocenters. The summed E-state index contributed by atoms with van der Waals surface area (Å²) >= 11 is 0. The second-order valence-corrected chi connectivity index (χ2v) is 15.7. The quantitative estimate of drug-likeness (QED) is 0.0266. The van der Waals surface area contributed by atoms with Gasteiger partial charge in [0.1, 0.15) is 13.2 Å². The maximum Gasteiger partial charge on any atom is 0.306 e. The molecule has 0 aliphatic rings. The highest BCUT2D eigenvalue weighted by Crippen LogP contribution is 2.14. The van der Waals surface area contributed by atoms with Crippen LogP contribution in [0.5, 0.6) is 0 Å². The Hall–Kier alpha value is -2.37. The van der Waals surface area contributed by atoms with Gasteiger partial charge in [0.05, 0.1) is 0 Å². The first kappa shape index (κ1) is 52.6. The zero-order chi connectivity index (χ0) is 40.1. The van der Waals surface area contributed by atoms with Gasteiger partial charge in [-0.2, -0.15) is 0 Å². The molecule has 6 heteroatoms. The van der Waals surface area contributed by atoms with Crippen molar-refractivity contribution in [3.8, 4) is 0 Å². The summed E-state index contributed by atoms with van der Waals surface area (Å²) in [6.45, 7) is 6.55. The van der Waals surface area contributed by atoms with Crippen LogP contribution in [0.1, 0.15) is 239 Å². The van der Waals surface area contributed by atoms with E-state index in [1.807, 2.05) is 0 Å². The topological polar surface area (TPSA) is 78.9 Å². The van der Waals surface area contributed by atoms with Crippen LogP contribution in [0.25, 0.3) is 0 Å². The van der Waals surface area contributed by atoms with Crippen LogP contribution in [0.3, 0.4) is 0 Å². The van der Waals surface area contributed by atoms with Gasteiger partial charge < -0.3 is 14.2 Å². The first-order valence-electron chi connectivity index (χ1n) is 23.5. The Morgan fingerprint density at radius 1 is 0.364 bits per heavy atom. The fraction of sp³-hybridized carbons (Fsp3) is 0.816. The molecule has 55 heavy (non-hydrogen) atoms. The Morgan fingerprint density at radius 2 is 0.655 bits per heavy atom. The number of rotatable bonds is 42. The van der Waals surface area contributed by atoms with Crippen molar-refractivity contribution in [2.45, 2.75) is 245 Å². The third-order valence-electron chi connectivity index (χ3n) is 10.1. The molecule has 0 saturated carbocycles. The molecule has 0 radical (unpaired) electrons. The Balaban J connectivity index is 4.38. The molecule has 0 heterocycles. The van der Waals surface area contributed by atoms with Crippen molar-refractivity contribution in [2.24, 2.45) is 0 Å². The molecule has 320 valence electrons. The summed E-state index contributed by atoms with van der Waals surface area (Å²) in [6, 6.07) is 0. The molecular weight excluding hydrogens is 685 g/mol. The Kier molecular flexibility index (Phi) is 42.4. The van der Waals surface area contributed by atoms with Gasteiger partial charge in [0.25, 0.3) is 0 Å². The van der Waals surface area contributed by atoms with Crippen LogP contribution in [0.15, 0.2) is 36.5 Å². The summed E-state index contributed by atoms with van der Waals surface area (Å²) in [5.41, 5.74) is 0. The van der Waals surface area contributed by atoms with E-state index in [-0.39, 0.29) is 31.1 Å². The lowest BCUT2D eigenvalue weighted by Gasteiger charge is -2.18. The average Bonchev–Trinajstić information content (AvgIpc) is 3.18. The van der Waals surface area contributed by atoms with Crippen LogP contribution in [0, 0.1) is 0 Å². The molecule has 0 saturated heterocycles. The van der Waals surface area contributed by atoms with Crippen LogP contribution in [-0.4, -0.2) is 37.2 Å². The fourth-order valence-electron chi connectivity index (χ4n) is 6.52. The molecule has 0 rings (SSSR count). The molecule has 0 amide bonds. The minimum Gasteiger partial charge on any atom is -0.462 e. The predicted molar refractivity (Wildman–Crippen MR) is 233 cm³/mol. The first-order valence-corrected chi connectivity index (χ1v) is 23.5. The Labute approximate surface area is 340 Å². The van der Waals surface area contributed by atoms with Crippen molar-refractivity contribution < 1.29 is 28.6 Å². The summed E-state index contributed by atoms with van der Waals surface area (Å²) < 4.78 is 16.7. The second-order valence-electron chi connectivity index (χ2n) is 15.7. The van der Waals surface area contributed by atoms with E-state index < -0.39 is 6.10 Å². The molecule has 0 unspecified atom stereocenters. The zero-order valence-corrected chi connectivity index (χ0v) is 36.4. The van der Waals surface area contributed by atoms with E-state index in [2.05, 4.69) is 57.2 Å². The number of ether oxygens (including phenoxy) is 3. The van der Waals surface area contributed by atoms with Gasteiger partial charge >= 0.3 is 17.9 Å². The third-order valence-corrected chi connectivity index (χ3v) is 10.1. The molecule has 0 aromatic heterocycles. The average molecular weight is 773 g/mol. The monoisotopic (exact) mass is 773 g/mol. The summed E-state index contributed by atoms with van der Waals surface area (Å²) in [5.74, 6) is -0.900. The van der Waals surface area contributed by atoms with Crippen molar-refractivity contribution in [3.63, 3.8) is 0 Å². The third kappa shape index (κ3) is 42.6. The van der Waals surface area contributed by atoms with Crippen LogP contribution >= 0.6 is 0 Å². The van der Waals surface area contributed by atoms with Crippen molar-refractivity contribution in [1.29, 1.82) is 0 Å². The van der Waals surface area contributed by atoms with Gasteiger partial charge in [0, 0.05) is 19.3 Å². The fourth-order valence-corrected chi connectivity index (χ4v) is 6.52. The van der Waals surface area contributed by atoms with Crippen LogP contribution in [-0.2, 0) is 28.6 Å². The predicted octanol–water partition coefficient (Wildman–Crippen LogP) is 15.0. The van der Waals surface area contributed by atoms with Gasteiger partial charge in [0.15, 0.2) is 6.10 Å². The standard InChI is InChI=1S/C49H88O6/c1-4-7-10-13-16-19-22-24-25-26-28-30-33-36-39-42-48(51)54-45-46(44-53-47(50)41-38-35-32-29-21-18-15-12-9-6-3)55-49(52)43-40-37-34-31-27-23-20-17-14-11-8-5-2/h16-17,19-20,24-25,46H,4-15,18,21-23,26-45H2,1-3H3/b19-16-,20-17-,25-24-/t46-/m1/s1. The van der Waals surface area contributed by atoms with E-state index in [9.17, 15) is 14.4 Å². The highest BCUT2D eigenvalue weighted by molar-refractivity contribution is 5.71. The highest BCUT2D eigenvalue weighted by atomic mass is 16.6. The lowest BCUT2D eigenvalue weighted by Crippen LogP contribution is -2.30. The van der Waals surface area contributed by atoms with Crippen LogP contribution in [0.4, 0.5) is 0 Å². The van der Waals surface area contributed by atoms with Crippen LogP contribution in [0.2, 0.25) is 0 Å². The number of hydrogen-bond donors (Lipinski definition) is 0. The van der Waals surface area contributed by atoms with E-state index in [1.54, 1.807) is 0 Å². The molecular formula is C49H88O6. The van der Waals surface area contributed by atoms with E-state index in [0.29, 0.717) is 19.3 Å². The molecule has 0 fully saturated rings. The van der Waals surface area contributed by atoms with Crippen molar-refractivity contribution in [3.05, 3.63) is 36.5 Å². The maximum absolute atomic E-state index is 12.7. The SMILES string of the molecule is CCCCC/C=C\C/C=C\CCCCCCCC(=O)OC[C@@H](COC(=O)CCCCCCCCCCCC)OC(=O)CCCCCCC/C=C\CCCCC. The minimum absolute atomic E-state index is 0.0781. The van der Waals surface area contributed by atoms with Crippen molar-refractivity contribution in [2.75, 3.05) is 13.2 Å². The Morgan fingerprint density at radius 3 is 1.05 bits per heavy atom. The van der Waals surface area contributed by atoms with Gasteiger partial charge in [0.2, 0.25) is 0 Å². The number of carbonyl (C=O) groups excluding carboxylic acids is 3. The van der Waals surface area contributed by atoms with E-state index in [1.165, 1.54) is 109 Å². The smallest absolute Gasteiger partial charge is 0.306 e.